The number of methoxy groups -OCH3 is 1. The van der Waals surface area contributed by atoms with Crippen LogP contribution in [0.4, 0.5) is 5.82 Å². The number of esters is 1. The van der Waals surface area contributed by atoms with E-state index in [1.165, 1.54) is 13.4 Å². The third-order valence-electron chi connectivity index (χ3n) is 2.26. The molecular weight excluding hydrogens is 306 g/mol. The number of aromatic nitrogens is 2. The number of thiophene rings is 1. The van der Waals surface area contributed by atoms with Crippen molar-refractivity contribution in [1.29, 1.82) is 0 Å². The predicted octanol–water partition coefficient (Wildman–Crippen LogP) is 2.12. The smallest absolute Gasteiger partial charge is 0.360 e. The predicted molar refractivity (Wildman–Crippen MR) is 69.1 cm³/mol. The van der Waals surface area contributed by atoms with Crippen molar-refractivity contribution in [3.8, 4) is 0 Å². The van der Waals surface area contributed by atoms with E-state index < -0.39 is 5.97 Å². The number of rotatable bonds is 3. The molecule has 0 aliphatic carbocycles. The van der Waals surface area contributed by atoms with Crippen LogP contribution >= 0.6 is 27.3 Å². The fourth-order valence-electron chi connectivity index (χ4n) is 1.36. The van der Waals surface area contributed by atoms with Crippen molar-refractivity contribution in [2.45, 2.75) is 6.54 Å². The SMILES string of the molecule is COC(=O)c1ncn(Cc2sccc2Br)c1N. The van der Waals surface area contributed by atoms with E-state index in [4.69, 9.17) is 5.73 Å². The molecule has 90 valence electrons. The van der Waals surface area contributed by atoms with Gasteiger partial charge in [0.05, 0.1) is 20.0 Å². The molecule has 0 atom stereocenters. The quantitative estimate of drug-likeness (QED) is 0.881. The molecule has 2 N–H and O–H groups in total. The van der Waals surface area contributed by atoms with Crippen LogP contribution in [0.1, 0.15) is 15.4 Å². The van der Waals surface area contributed by atoms with Gasteiger partial charge < -0.3 is 15.0 Å². The second kappa shape index (κ2) is 4.89. The molecule has 0 aliphatic heterocycles. The maximum Gasteiger partial charge on any atom is 0.360 e. The topological polar surface area (TPSA) is 70.1 Å². The number of imidazole rings is 1. The van der Waals surface area contributed by atoms with Crippen molar-refractivity contribution in [2.75, 3.05) is 12.8 Å². The maximum absolute atomic E-state index is 11.3. The number of hydrogen-bond acceptors (Lipinski definition) is 5. The monoisotopic (exact) mass is 315 g/mol. The Morgan fingerprint density at radius 2 is 2.47 bits per heavy atom. The van der Waals surface area contributed by atoms with Crippen molar-refractivity contribution in [3.05, 3.63) is 32.8 Å². The molecule has 0 bridgehead atoms. The number of nitrogens with zero attached hydrogens (tertiary/aromatic N) is 2. The van der Waals surface area contributed by atoms with Gasteiger partial charge in [0.1, 0.15) is 5.82 Å². The molecule has 0 unspecified atom stereocenters. The van der Waals surface area contributed by atoms with Crippen LogP contribution in [-0.4, -0.2) is 22.6 Å². The van der Waals surface area contributed by atoms with Crippen LogP contribution in [0.15, 0.2) is 22.2 Å². The Labute approximate surface area is 110 Å². The summed E-state index contributed by atoms with van der Waals surface area (Å²) in [5.74, 6) is -0.205. The number of anilines is 1. The van der Waals surface area contributed by atoms with Gasteiger partial charge in [0.15, 0.2) is 5.69 Å². The Morgan fingerprint density at radius 3 is 3.06 bits per heavy atom. The van der Waals surface area contributed by atoms with E-state index in [1.54, 1.807) is 15.9 Å². The largest absolute Gasteiger partial charge is 0.464 e. The van der Waals surface area contributed by atoms with E-state index in [0.717, 1.165) is 9.35 Å². The number of ether oxygens (including phenoxy) is 1. The highest BCUT2D eigenvalue weighted by atomic mass is 79.9. The first kappa shape index (κ1) is 12.1. The zero-order valence-electron chi connectivity index (χ0n) is 9.01. The molecule has 2 aromatic rings. The molecule has 2 heterocycles. The Hall–Kier alpha value is -1.34. The molecular formula is C10H10BrN3O2S. The summed E-state index contributed by atoms with van der Waals surface area (Å²) in [5.41, 5.74) is 5.99. The molecule has 17 heavy (non-hydrogen) atoms. The van der Waals surface area contributed by atoms with Gasteiger partial charge in [0, 0.05) is 9.35 Å². The van der Waals surface area contributed by atoms with Gasteiger partial charge in [0.25, 0.3) is 0 Å². The molecule has 0 amide bonds. The lowest BCUT2D eigenvalue weighted by Crippen LogP contribution is -2.08. The molecule has 0 spiro atoms. The standard InChI is InChI=1S/C10H10BrN3O2S/c1-16-10(15)8-9(12)14(5-13-8)4-7-6(11)2-3-17-7/h2-3,5H,4,12H2,1H3. The Morgan fingerprint density at radius 1 is 1.71 bits per heavy atom. The molecule has 2 rings (SSSR count). The van der Waals surface area contributed by atoms with E-state index in [0.29, 0.717) is 12.4 Å². The number of nitrogen functional groups attached to an aromatic ring is 1. The lowest BCUT2D eigenvalue weighted by Gasteiger charge is -2.04. The van der Waals surface area contributed by atoms with E-state index in [1.807, 2.05) is 11.4 Å². The zero-order valence-corrected chi connectivity index (χ0v) is 11.4. The van der Waals surface area contributed by atoms with Crippen LogP contribution in [0, 0.1) is 0 Å². The average Bonchev–Trinajstić information content (AvgIpc) is 2.87. The highest BCUT2D eigenvalue weighted by Gasteiger charge is 2.16. The molecule has 0 fully saturated rings. The van der Waals surface area contributed by atoms with Gasteiger partial charge in [-0.2, -0.15) is 0 Å². The molecule has 2 aromatic heterocycles. The first-order chi connectivity index (χ1) is 8.13. The van der Waals surface area contributed by atoms with Crippen LogP contribution < -0.4 is 5.73 Å². The van der Waals surface area contributed by atoms with Gasteiger partial charge in [-0.25, -0.2) is 9.78 Å². The van der Waals surface area contributed by atoms with E-state index in [9.17, 15) is 4.79 Å². The van der Waals surface area contributed by atoms with E-state index in [2.05, 4.69) is 25.7 Å². The van der Waals surface area contributed by atoms with Crippen LogP contribution in [-0.2, 0) is 11.3 Å². The fourth-order valence-corrected chi connectivity index (χ4v) is 2.84. The summed E-state index contributed by atoms with van der Waals surface area (Å²) in [6, 6.07) is 1.97. The molecule has 0 aromatic carbocycles. The van der Waals surface area contributed by atoms with Crippen molar-refractivity contribution >= 4 is 39.1 Å². The minimum Gasteiger partial charge on any atom is -0.464 e. The van der Waals surface area contributed by atoms with Gasteiger partial charge >= 0.3 is 5.97 Å². The molecule has 0 saturated heterocycles. The van der Waals surface area contributed by atoms with Gasteiger partial charge in [0.2, 0.25) is 0 Å². The summed E-state index contributed by atoms with van der Waals surface area (Å²) in [4.78, 5) is 16.4. The lowest BCUT2D eigenvalue weighted by molar-refractivity contribution is 0.0596. The Balaban J connectivity index is 2.26. The van der Waals surface area contributed by atoms with Gasteiger partial charge in [-0.3, -0.25) is 0 Å². The van der Waals surface area contributed by atoms with Crippen molar-refractivity contribution in [3.63, 3.8) is 0 Å². The van der Waals surface area contributed by atoms with Crippen molar-refractivity contribution in [2.24, 2.45) is 0 Å². The number of carbonyl (C=O) groups is 1. The fraction of sp³-hybridized carbons (Fsp3) is 0.200. The van der Waals surface area contributed by atoms with Crippen molar-refractivity contribution < 1.29 is 9.53 Å². The van der Waals surface area contributed by atoms with Crippen LogP contribution in [0.2, 0.25) is 0 Å². The Kier molecular flexibility index (Phi) is 3.49. The Bertz CT molecular complexity index is 549. The molecule has 0 aliphatic rings. The lowest BCUT2D eigenvalue weighted by atomic mass is 10.4. The normalized spacial score (nSPS) is 10.5. The molecule has 0 saturated carbocycles. The number of halogens is 1. The van der Waals surface area contributed by atoms with E-state index >= 15 is 0 Å². The average molecular weight is 316 g/mol. The zero-order chi connectivity index (χ0) is 12.4. The third-order valence-corrected chi connectivity index (χ3v) is 4.17. The van der Waals surface area contributed by atoms with E-state index in [-0.39, 0.29) is 5.69 Å². The third kappa shape index (κ3) is 2.34. The molecule has 5 nitrogen and oxygen atoms in total. The summed E-state index contributed by atoms with van der Waals surface area (Å²) in [6.45, 7) is 0.577. The molecule has 0 radical (unpaired) electrons. The highest BCUT2D eigenvalue weighted by molar-refractivity contribution is 9.10. The molecule has 7 heteroatoms. The van der Waals surface area contributed by atoms with Crippen molar-refractivity contribution in [1.82, 2.24) is 9.55 Å². The minimum atomic E-state index is -0.522. The van der Waals surface area contributed by atoms with Crippen LogP contribution in [0.25, 0.3) is 0 Å². The summed E-state index contributed by atoms with van der Waals surface area (Å²) in [7, 11) is 1.30. The summed E-state index contributed by atoms with van der Waals surface area (Å²) in [6.07, 6.45) is 1.54. The van der Waals surface area contributed by atoms with Gasteiger partial charge in [-0.1, -0.05) is 0 Å². The maximum atomic E-state index is 11.3. The van der Waals surface area contributed by atoms with Crippen LogP contribution in [0.3, 0.4) is 0 Å². The highest BCUT2D eigenvalue weighted by Crippen LogP contribution is 2.25. The van der Waals surface area contributed by atoms with Gasteiger partial charge in [-0.05, 0) is 27.4 Å². The second-order valence-corrected chi connectivity index (χ2v) is 5.14. The summed E-state index contributed by atoms with van der Waals surface area (Å²) in [5, 5.41) is 1.98. The first-order valence-electron chi connectivity index (χ1n) is 4.74. The van der Waals surface area contributed by atoms with Gasteiger partial charge in [-0.15, -0.1) is 11.3 Å². The number of nitrogens with two attached hydrogens (primary N) is 1. The summed E-state index contributed by atoms with van der Waals surface area (Å²) < 4.78 is 7.32. The van der Waals surface area contributed by atoms with Crippen LogP contribution in [0.5, 0.6) is 0 Å². The minimum absolute atomic E-state index is 0.153. The second-order valence-electron chi connectivity index (χ2n) is 3.29. The number of carbonyl (C=O) groups excluding carboxylic acids is 1. The first-order valence-corrected chi connectivity index (χ1v) is 6.41. The number of hydrogen-bond donors (Lipinski definition) is 1. The summed E-state index contributed by atoms with van der Waals surface area (Å²) >= 11 is 5.05.